The average Bonchev–Trinajstić information content (AvgIpc) is 3.65. The Kier molecular flexibility index (Phi) is 8.29. The molecule has 1 amide bonds. The van der Waals surface area contributed by atoms with Gasteiger partial charge < -0.3 is 14.7 Å². The highest BCUT2D eigenvalue weighted by atomic mass is 32.1. The Labute approximate surface area is 283 Å². The summed E-state index contributed by atoms with van der Waals surface area (Å²) in [6.45, 7) is 8.23. The minimum atomic E-state index is -1.10. The van der Waals surface area contributed by atoms with Gasteiger partial charge in [-0.15, -0.1) is 0 Å². The number of nitrogens with zero attached hydrogens (tertiary/aromatic N) is 5. The summed E-state index contributed by atoms with van der Waals surface area (Å²) >= 11 is 1.44. The minimum Gasteiger partial charge on any atom is -0.476 e. The zero-order valence-electron chi connectivity index (χ0n) is 27.7. The van der Waals surface area contributed by atoms with Crippen molar-refractivity contribution in [2.24, 2.45) is 5.41 Å². The molecule has 10 nitrogen and oxygen atoms in total. The molecular weight excluding hydrogens is 625 g/mol. The van der Waals surface area contributed by atoms with E-state index in [0.717, 1.165) is 51.9 Å². The van der Waals surface area contributed by atoms with Crippen molar-refractivity contribution in [2.45, 2.75) is 71.6 Å². The number of carbonyl (C=O) groups excluding carboxylic acids is 1. The van der Waals surface area contributed by atoms with Gasteiger partial charge in [0, 0.05) is 42.6 Å². The van der Waals surface area contributed by atoms with E-state index in [1.807, 2.05) is 71.1 Å². The van der Waals surface area contributed by atoms with Gasteiger partial charge in [0.15, 0.2) is 10.8 Å². The number of rotatable bonds is 8. The van der Waals surface area contributed by atoms with Crippen LogP contribution in [0.1, 0.15) is 77.2 Å². The third-order valence-electron chi connectivity index (χ3n) is 9.99. The van der Waals surface area contributed by atoms with Gasteiger partial charge in [0.2, 0.25) is 0 Å². The van der Waals surface area contributed by atoms with Crippen LogP contribution in [-0.2, 0) is 24.2 Å². The van der Waals surface area contributed by atoms with Crippen molar-refractivity contribution < 1.29 is 19.4 Å². The van der Waals surface area contributed by atoms with Crippen LogP contribution in [0, 0.1) is 12.3 Å². The highest BCUT2D eigenvalue weighted by molar-refractivity contribution is 7.22. The van der Waals surface area contributed by atoms with E-state index in [1.54, 1.807) is 13.3 Å². The van der Waals surface area contributed by atoms with Crippen LogP contribution in [0.15, 0.2) is 60.8 Å². The number of carboxylic acids is 1. The molecule has 7 rings (SSSR count). The van der Waals surface area contributed by atoms with Crippen molar-refractivity contribution in [3.63, 3.8) is 0 Å². The number of aromatic nitrogens is 4. The van der Waals surface area contributed by atoms with Crippen LogP contribution in [0.4, 0.5) is 10.9 Å². The lowest BCUT2D eigenvalue weighted by atomic mass is 9.69. The van der Waals surface area contributed by atoms with Crippen LogP contribution >= 0.6 is 11.3 Å². The molecule has 1 fully saturated rings. The van der Waals surface area contributed by atoms with Crippen molar-refractivity contribution in [1.82, 2.24) is 19.7 Å². The first-order chi connectivity index (χ1) is 23.0. The van der Waals surface area contributed by atoms with Crippen LogP contribution in [0.25, 0.3) is 21.3 Å². The predicted octanol–water partition coefficient (Wildman–Crippen LogP) is 7.36. The standard InChI is InChI=1S/C37H40N6O4S/c1-23-27(19-38-43(23)22-37(47-4)17-8-16-36(2,3)21-37)25-13-14-31(40-32(25)34(45)46)42-18-15-24-9-7-10-26(28(24)20-42)33(44)41-35-39-29-11-5-6-12-30(29)48-35/h5-7,9-14,19H,8,15-18,20-22H2,1-4H3,(H,45,46)(H,39,41,44). The zero-order chi connectivity index (χ0) is 33.6. The van der Waals surface area contributed by atoms with E-state index in [4.69, 9.17) is 9.84 Å². The van der Waals surface area contributed by atoms with Crippen molar-refractivity contribution in [2.75, 3.05) is 23.9 Å². The Balaban J connectivity index is 1.14. The Hall–Kier alpha value is -4.61. The lowest BCUT2D eigenvalue weighted by Crippen LogP contribution is -2.44. The summed E-state index contributed by atoms with van der Waals surface area (Å²) in [5.74, 6) is -0.771. The molecule has 3 aromatic heterocycles. The maximum atomic E-state index is 13.5. The molecule has 2 N–H and O–H groups in total. The quantitative estimate of drug-likeness (QED) is 0.176. The number of ether oxygens (including phenoxy) is 1. The molecule has 0 bridgehead atoms. The van der Waals surface area contributed by atoms with Gasteiger partial charge >= 0.3 is 5.97 Å². The van der Waals surface area contributed by atoms with Crippen LogP contribution in [0.5, 0.6) is 0 Å². The number of aromatic carboxylic acids is 1. The van der Waals surface area contributed by atoms with Gasteiger partial charge in [-0.3, -0.25) is 14.8 Å². The lowest BCUT2D eigenvalue weighted by Gasteiger charge is -2.44. The topological polar surface area (TPSA) is 122 Å². The summed E-state index contributed by atoms with van der Waals surface area (Å²) in [5, 5.41) is 18.6. The first-order valence-corrected chi connectivity index (χ1v) is 17.2. The number of pyridine rings is 1. The van der Waals surface area contributed by atoms with E-state index < -0.39 is 5.97 Å². The number of para-hydroxylation sites is 1. The summed E-state index contributed by atoms with van der Waals surface area (Å²) in [7, 11) is 1.78. The number of carbonyl (C=O) groups is 2. The molecule has 5 aromatic rings. The Morgan fingerprint density at radius 3 is 2.65 bits per heavy atom. The molecule has 2 aliphatic rings. The summed E-state index contributed by atoms with van der Waals surface area (Å²) in [4.78, 5) is 37.4. The van der Waals surface area contributed by atoms with Crippen LogP contribution in [-0.4, -0.2) is 56.0 Å². The number of amides is 1. The second-order valence-electron chi connectivity index (χ2n) is 13.8. The maximum Gasteiger partial charge on any atom is 0.355 e. The molecule has 1 aliphatic carbocycles. The van der Waals surface area contributed by atoms with Crippen molar-refractivity contribution >= 4 is 44.4 Å². The summed E-state index contributed by atoms with van der Waals surface area (Å²) in [5.41, 5.74) is 5.40. The van der Waals surface area contributed by atoms with E-state index in [1.165, 1.54) is 17.8 Å². The maximum absolute atomic E-state index is 13.5. The molecule has 1 unspecified atom stereocenters. The molecule has 4 heterocycles. The van der Waals surface area contributed by atoms with Gasteiger partial charge in [-0.1, -0.05) is 49.4 Å². The number of thiazole rings is 1. The fraction of sp³-hybridized carbons (Fsp3) is 0.378. The molecule has 11 heteroatoms. The zero-order valence-corrected chi connectivity index (χ0v) is 28.6. The molecule has 1 atom stereocenters. The first-order valence-electron chi connectivity index (χ1n) is 16.4. The number of benzene rings is 2. The van der Waals surface area contributed by atoms with Gasteiger partial charge in [-0.05, 0) is 85.9 Å². The average molecular weight is 665 g/mol. The second-order valence-corrected chi connectivity index (χ2v) is 14.8. The molecule has 48 heavy (non-hydrogen) atoms. The molecule has 1 aliphatic heterocycles. The number of carboxylic acid groups (broad SMARTS) is 1. The number of fused-ring (bicyclic) bond motifs is 2. The lowest BCUT2D eigenvalue weighted by molar-refractivity contribution is -0.0855. The number of methoxy groups -OCH3 is 1. The predicted molar refractivity (Wildman–Crippen MR) is 188 cm³/mol. The van der Waals surface area contributed by atoms with Gasteiger partial charge in [0.05, 0.1) is 28.6 Å². The van der Waals surface area contributed by atoms with Gasteiger partial charge in [0.1, 0.15) is 5.82 Å². The third-order valence-corrected chi connectivity index (χ3v) is 10.9. The van der Waals surface area contributed by atoms with E-state index in [2.05, 4.69) is 29.1 Å². The smallest absolute Gasteiger partial charge is 0.355 e. The fourth-order valence-electron chi connectivity index (χ4n) is 7.54. The highest BCUT2D eigenvalue weighted by Crippen LogP contribution is 2.44. The largest absolute Gasteiger partial charge is 0.476 e. The normalized spacial score (nSPS) is 18.9. The number of nitrogens with one attached hydrogen (secondary N) is 1. The summed E-state index contributed by atoms with van der Waals surface area (Å²) < 4.78 is 9.08. The van der Waals surface area contributed by atoms with E-state index in [-0.39, 0.29) is 22.6 Å². The Morgan fingerprint density at radius 1 is 1.04 bits per heavy atom. The minimum absolute atomic E-state index is 0.0249. The highest BCUT2D eigenvalue weighted by Gasteiger charge is 2.41. The SMILES string of the molecule is COC1(Cn2ncc(-c3ccc(N4CCc5cccc(C(=O)Nc6nc7ccccc7s6)c5C4)nc3C(=O)O)c2C)CCCC(C)(C)C1. The molecule has 2 aromatic carbocycles. The fourth-order valence-corrected chi connectivity index (χ4v) is 8.40. The van der Waals surface area contributed by atoms with Gasteiger partial charge in [-0.2, -0.15) is 5.10 Å². The summed E-state index contributed by atoms with van der Waals surface area (Å²) in [6, 6.07) is 17.3. The molecule has 0 spiro atoms. The van der Waals surface area contributed by atoms with Crippen molar-refractivity contribution in [3.8, 4) is 11.1 Å². The number of hydrogen-bond acceptors (Lipinski definition) is 8. The monoisotopic (exact) mass is 664 g/mol. The first kappa shape index (κ1) is 32.0. The van der Waals surface area contributed by atoms with E-state index >= 15 is 0 Å². The van der Waals surface area contributed by atoms with E-state index in [0.29, 0.717) is 48.1 Å². The van der Waals surface area contributed by atoms with Crippen molar-refractivity contribution in [1.29, 1.82) is 0 Å². The Morgan fingerprint density at radius 2 is 1.88 bits per heavy atom. The Bertz CT molecular complexity index is 2000. The van der Waals surface area contributed by atoms with Crippen LogP contribution in [0.3, 0.4) is 0 Å². The number of anilines is 2. The van der Waals surface area contributed by atoms with Crippen LogP contribution < -0.4 is 10.2 Å². The molecular formula is C37H40N6O4S. The number of hydrogen-bond donors (Lipinski definition) is 2. The third kappa shape index (κ3) is 6.08. The van der Waals surface area contributed by atoms with E-state index in [9.17, 15) is 14.7 Å². The molecule has 1 saturated carbocycles. The summed E-state index contributed by atoms with van der Waals surface area (Å²) in [6.07, 6.45) is 6.60. The molecule has 248 valence electrons. The van der Waals surface area contributed by atoms with Crippen LogP contribution in [0.2, 0.25) is 0 Å². The second kappa shape index (κ2) is 12.4. The van der Waals surface area contributed by atoms with Gasteiger partial charge in [0.25, 0.3) is 5.91 Å². The van der Waals surface area contributed by atoms with Crippen molar-refractivity contribution in [3.05, 3.63) is 88.9 Å². The van der Waals surface area contributed by atoms with Gasteiger partial charge in [-0.25, -0.2) is 14.8 Å². The molecule has 0 saturated heterocycles. The molecule has 0 radical (unpaired) electrons.